The zero-order valence-corrected chi connectivity index (χ0v) is 21.3. The van der Waals surface area contributed by atoms with Crippen LogP contribution in [0.25, 0.3) is 11.1 Å². The van der Waals surface area contributed by atoms with Crippen LogP contribution in [0.15, 0.2) is 82.1 Å². The minimum atomic E-state index is -1.57. The van der Waals surface area contributed by atoms with Gasteiger partial charge in [0.15, 0.2) is 23.4 Å². The van der Waals surface area contributed by atoms with Crippen molar-refractivity contribution in [2.75, 3.05) is 20.7 Å². The van der Waals surface area contributed by atoms with Crippen LogP contribution >= 0.6 is 0 Å². The molecule has 2 atom stereocenters. The minimum Gasteiger partial charge on any atom is -0.506 e. The summed E-state index contributed by atoms with van der Waals surface area (Å²) in [6, 6.07) is 17.6. The van der Waals surface area contributed by atoms with Crippen molar-refractivity contribution in [1.29, 1.82) is 0 Å². The van der Waals surface area contributed by atoms with Crippen molar-refractivity contribution >= 4 is 12.2 Å². The SMILES string of the molecule is CCC1(n2ccc(N=CN(C)C)nc2=O)OC(COC2(C)c3ccccc3-c3ccccc32)=C(O)C1O. The van der Waals surface area contributed by atoms with Gasteiger partial charge >= 0.3 is 5.69 Å². The summed E-state index contributed by atoms with van der Waals surface area (Å²) >= 11 is 0. The van der Waals surface area contributed by atoms with Gasteiger partial charge in [-0.1, -0.05) is 55.5 Å². The second kappa shape index (κ2) is 9.17. The molecule has 1 aliphatic carbocycles. The molecule has 2 N–H and O–H groups in total. The maximum atomic E-state index is 12.9. The Kier molecular flexibility index (Phi) is 6.13. The number of aliphatic imine (C=N–C) groups is 1. The van der Waals surface area contributed by atoms with Gasteiger partial charge in [-0.2, -0.15) is 4.98 Å². The molecule has 1 aromatic heterocycles. The normalized spacial score (nSPS) is 21.7. The highest BCUT2D eigenvalue weighted by Gasteiger charge is 2.52. The number of aliphatic hydroxyl groups is 2. The zero-order chi connectivity index (χ0) is 26.4. The van der Waals surface area contributed by atoms with Crippen LogP contribution in [0.4, 0.5) is 5.82 Å². The largest absolute Gasteiger partial charge is 0.506 e. The van der Waals surface area contributed by atoms with Crippen LogP contribution in [-0.4, -0.2) is 57.8 Å². The van der Waals surface area contributed by atoms with Crippen molar-refractivity contribution in [2.24, 2.45) is 4.99 Å². The Morgan fingerprint density at radius 3 is 2.32 bits per heavy atom. The Morgan fingerprint density at radius 1 is 1.14 bits per heavy atom. The van der Waals surface area contributed by atoms with Crippen LogP contribution in [0.1, 0.15) is 31.4 Å². The van der Waals surface area contributed by atoms with Crippen LogP contribution in [-0.2, 0) is 20.8 Å². The van der Waals surface area contributed by atoms with Gasteiger partial charge in [-0.05, 0) is 35.2 Å². The van der Waals surface area contributed by atoms with E-state index in [0.29, 0.717) is 0 Å². The van der Waals surface area contributed by atoms with Crippen LogP contribution in [0, 0.1) is 0 Å². The number of hydrogen-bond donors (Lipinski definition) is 2. The monoisotopic (exact) mass is 502 g/mol. The molecule has 0 spiro atoms. The molecule has 5 rings (SSSR count). The first-order chi connectivity index (χ1) is 17.7. The summed E-state index contributed by atoms with van der Waals surface area (Å²) in [5, 5.41) is 21.9. The number of fused-ring (bicyclic) bond motifs is 3. The van der Waals surface area contributed by atoms with Gasteiger partial charge in [0.05, 0.1) is 6.34 Å². The number of aliphatic hydroxyl groups excluding tert-OH is 2. The van der Waals surface area contributed by atoms with E-state index in [-0.39, 0.29) is 30.4 Å². The highest BCUT2D eigenvalue weighted by Crippen LogP contribution is 2.50. The fourth-order valence-corrected chi connectivity index (χ4v) is 5.11. The Labute approximate surface area is 215 Å². The van der Waals surface area contributed by atoms with E-state index in [1.165, 1.54) is 17.1 Å². The number of rotatable bonds is 7. The quantitative estimate of drug-likeness (QED) is 0.375. The van der Waals surface area contributed by atoms with Gasteiger partial charge in [0, 0.05) is 26.7 Å². The number of nitrogens with zero attached hydrogens (tertiary/aromatic N) is 4. The third kappa shape index (κ3) is 3.91. The summed E-state index contributed by atoms with van der Waals surface area (Å²) < 4.78 is 13.8. The molecule has 9 heteroatoms. The lowest BCUT2D eigenvalue weighted by molar-refractivity contribution is -0.132. The van der Waals surface area contributed by atoms with Gasteiger partial charge in [0.25, 0.3) is 0 Å². The van der Waals surface area contributed by atoms with Crippen molar-refractivity contribution in [3.8, 4) is 11.1 Å². The molecular weight excluding hydrogens is 472 g/mol. The first kappa shape index (κ1) is 24.7. The van der Waals surface area contributed by atoms with Gasteiger partial charge in [0.2, 0.25) is 5.72 Å². The molecule has 0 amide bonds. The van der Waals surface area contributed by atoms with Gasteiger partial charge in [-0.15, -0.1) is 0 Å². The molecular formula is C28H30N4O5. The van der Waals surface area contributed by atoms with Crippen LogP contribution in [0.3, 0.4) is 0 Å². The lowest BCUT2D eigenvalue weighted by Gasteiger charge is -2.33. The lowest BCUT2D eigenvalue weighted by atomic mass is 9.93. The summed E-state index contributed by atoms with van der Waals surface area (Å²) in [6.07, 6.45) is 1.70. The molecule has 0 bridgehead atoms. The summed E-state index contributed by atoms with van der Waals surface area (Å²) in [6.45, 7) is 3.63. The van der Waals surface area contributed by atoms with Gasteiger partial charge in [0.1, 0.15) is 12.2 Å². The molecule has 2 unspecified atom stereocenters. The third-order valence-corrected chi connectivity index (χ3v) is 7.06. The first-order valence-electron chi connectivity index (χ1n) is 12.1. The van der Waals surface area contributed by atoms with Crippen molar-refractivity contribution in [2.45, 2.75) is 37.7 Å². The maximum absolute atomic E-state index is 12.9. The van der Waals surface area contributed by atoms with Gasteiger partial charge < -0.3 is 24.6 Å². The van der Waals surface area contributed by atoms with Crippen LogP contribution < -0.4 is 5.69 Å². The Morgan fingerprint density at radius 2 is 1.76 bits per heavy atom. The summed E-state index contributed by atoms with van der Waals surface area (Å²) in [4.78, 5) is 22.8. The molecule has 0 saturated carbocycles. The number of aromatic nitrogens is 2. The molecule has 0 saturated heterocycles. The minimum absolute atomic E-state index is 0.0686. The predicted molar refractivity (Wildman–Crippen MR) is 140 cm³/mol. The summed E-state index contributed by atoms with van der Waals surface area (Å²) in [5.74, 6) is -0.0772. The van der Waals surface area contributed by atoms with E-state index >= 15 is 0 Å². The molecule has 0 fully saturated rings. The second-order valence-corrected chi connectivity index (χ2v) is 9.57. The number of hydrogen-bond acceptors (Lipinski definition) is 7. The average molecular weight is 503 g/mol. The van der Waals surface area contributed by atoms with E-state index in [2.05, 4.69) is 22.1 Å². The summed E-state index contributed by atoms with van der Waals surface area (Å²) in [7, 11) is 3.61. The van der Waals surface area contributed by atoms with Crippen molar-refractivity contribution in [3.63, 3.8) is 0 Å². The smallest absolute Gasteiger partial charge is 0.352 e. The van der Waals surface area contributed by atoms with E-state index < -0.39 is 23.1 Å². The van der Waals surface area contributed by atoms with Gasteiger partial charge in [-0.25, -0.2) is 9.79 Å². The van der Waals surface area contributed by atoms with E-state index in [1.807, 2.05) is 43.3 Å². The van der Waals surface area contributed by atoms with E-state index in [0.717, 1.165) is 22.3 Å². The Bertz CT molecular complexity index is 1420. The maximum Gasteiger partial charge on any atom is 0.352 e. The standard InChI is InChI=1S/C28H30N4O5/c1-5-28(32-15-14-23(30-26(32)35)29-17-31(3)4)25(34)24(33)22(37-28)16-36-27(2)20-12-8-6-10-18(20)19-11-7-9-13-21(19)27/h6-15,17,25,33-34H,5,16H2,1-4H3. The number of benzene rings is 2. The van der Waals surface area contributed by atoms with Crippen LogP contribution in [0.5, 0.6) is 0 Å². The molecule has 192 valence electrons. The zero-order valence-electron chi connectivity index (χ0n) is 21.3. The highest BCUT2D eigenvalue weighted by atomic mass is 16.6. The fourth-order valence-electron chi connectivity index (χ4n) is 5.11. The Hall–Kier alpha value is -3.95. The molecule has 3 aromatic rings. The van der Waals surface area contributed by atoms with E-state index in [4.69, 9.17) is 9.47 Å². The number of ether oxygens (including phenoxy) is 2. The topological polar surface area (TPSA) is 109 Å². The summed E-state index contributed by atoms with van der Waals surface area (Å²) in [5.41, 5.74) is 1.17. The predicted octanol–water partition coefficient (Wildman–Crippen LogP) is 3.65. The van der Waals surface area contributed by atoms with Crippen molar-refractivity contribution < 1.29 is 19.7 Å². The fraction of sp³-hybridized carbons (Fsp3) is 0.321. The van der Waals surface area contributed by atoms with Gasteiger partial charge in [-0.3, -0.25) is 4.57 Å². The average Bonchev–Trinajstić information content (AvgIpc) is 3.31. The molecule has 37 heavy (non-hydrogen) atoms. The third-order valence-electron chi connectivity index (χ3n) is 7.06. The molecule has 2 aromatic carbocycles. The van der Waals surface area contributed by atoms with E-state index in [1.54, 1.807) is 32.0 Å². The van der Waals surface area contributed by atoms with Crippen molar-refractivity contribution in [1.82, 2.24) is 14.5 Å². The van der Waals surface area contributed by atoms with Crippen molar-refractivity contribution in [3.05, 3.63) is 93.9 Å². The lowest BCUT2D eigenvalue weighted by Crippen LogP contribution is -2.49. The molecule has 0 radical (unpaired) electrons. The van der Waals surface area contributed by atoms with E-state index in [9.17, 15) is 15.0 Å². The highest BCUT2D eigenvalue weighted by molar-refractivity contribution is 5.79. The molecule has 2 aliphatic rings. The molecule has 1 aliphatic heterocycles. The van der Waals surface area contributed by atoms with Crippen LogP contribution in [0.2, 0.25) is 0 Å². The molecule has 9 nitrogen and oxygen atoms in total. The second-order valence-electron chi connectivity index (χ2n) is 9.57. The first-order valence-corrected chi connectivity index (χ1v) is 12.1. The molecule has 2 heterocycles. The Balaban J connectivity index is 1.44.